The average Bonchev–Trinajstić information content (AvgIpc) is 2.61. The van der Waals surface area contributed by atoms with Gasteiger partial charge in [0.15, 0.2) is 5.13 Å². The van der Waals surface area contributed by atoms with Crippen LogP contribution in [-0.4, -0.2) is 22.5 Å². The molecule has 1 saturated heterocycles. The van der Waals surface area contributed by atoms with E-state index in [-0.39, 0.29) is 0 Å². The van der Waals surface area contributed by atoms with Crippen LogP contribution in [-0.2, 0) is 6.54 Å². The molecule has 2 N–H and O–H groups in total. The van der Waals surface area contributed by atoms with Crippen LogP contribution in [0.15, 0.2) is 5.38 Å². The van der Waals surface area contributed by atoms with Crippen molar-refractivity contribution in [2.24, 2.45) is 5.92 Å². The second kappa shape index (κ2) is 3.87. The number of nitrogens with two attached hydrogens (primary N) is 1. The molecule has 0 radical (unpaired) electrons. The molecule has 1 aliphatic rings. The number of hydrogen-bond acceptors (Lipinski definition) is 4. The predicted molar refractivity (Wildman–Crippen MR) is 60.2 cm³/mol. The van der Waals surface area contributed by atoms with E-state index in [1.54, 1.807) is 0 Å². The number of anilines is 1. The van der Waals surface area contributed by atoms with E-state index in [4.69, 9.17) is 5.73 Å². The molecule has 0 aliphatic carbocycles. The fourth-order valence-corrected chi connectivity index (χ4v) is 2.76. The zero-order chi connectivity index (χ0) is 10.1. The fourth-order valence-electron chi connectivity index (χ4n) is 2.21. The molecular formula is C10H17N3S. The van der Waals surface area contributed by atoms with Gasteiger partial charge in [-0.3, -0.25) is 4.90 Å². The molecule has 0 amide bonds. The summed E-state index contributed by atoms with van der Waals surface area (Å²) in [6.07, 6.45) is 1.31. The summed E-state index contributed by atoms with van der Waals surface area (Å²) in [5, 5.41) is 2.74. The van der Waals surface area contributed by atoms with Gasteiger partial charge >= 0.3 is 0 Å². The molecule has 3 nitrogen and oxygen atoms in total. The topological polar surface area (TPSA) is 42.1 Å². The first-order valence-corrected chi connectivity index (χ1v) is 5.97. The van der Waals surface area contributed by atoms with E-state index in [0.717, 1.165) is 18.2 Å². The zero-order valence-electron chi connectivity index (χ0n) is 8.73. The molecule has 1 aromatic heterocycles. The van der Waals surface area contributed by atoms with E-state index >= 15 is 0 Å². The highest BCUT2D eigenvalue weighted by Crippen LogP contribution is 2.24. The third-order valence-electron chi connectivity index (χ3n) is 2.85. The first-order chi connectivity index (χ1) is 6.65. The molecule has 4 heteroatoms. The summed E-state index contributed by atoms with van der Waals surface area (Å²) in [6, 6.07) is 0.688. The lowest BCUT2D eigenvalue weighted by Gasteiger charge is -2.19. The molecule has 1 fully saturated rings. The second-order valence-corrected chi connectivity index (χ2v) is 5.19. The van der Waals surface area contributed by atoms with Crippen LogP contribution < -0.4 is 5.73 Å². The van der Waals surface area contributed by atoms with Crippen LogP contribution in [0.1, 0.15) is 26.0 Å². The maximum Gasteiger partial charge on any atom is 0.180 e. The number of nitrogens with zero attached hydrogens (tertiary/aromatic N) is 2. The van der Waals surface area contributed by atoms with Crippen molar-refractivity contribution < 1.29 is 0 Å². The number of nitrogen functional groups attached to an aromatic ring is 1. The van der Waals surface area contributed by atoms with E-state index in [0.29, 0.717) is 11.2 Å². The molecule has 1 aromatic rings. The van der Waals surface area contributed by atoms with E-state index in [1.165, 1.54) is 24.3 Å². The van der Waals surface area contributed by atoms with Crippen LogP contribution in [0, 0.1) is 5.92 Å². The van der Waals surface area contributed by atoms with Crippen molar-refractivity contribution in [1.29, 1.82) is 0 Å². The standard InChI is InChI=1S/C10H17N3S/c1-7-3-8(2)13(4-7)5-9-6-14-10(11)12-9/h6-8H,3-5H2,1-2H3,(H2,11,12). The van der Waals surface area contributed by atoms with Crippen LogP contribution in [0.2, 0.25) is 0 Å². The number of aromatic nitrogens is 1. The van der Waals surface area contributed by atoms with Crippen LogP contribution in [0.5, 0.6) is 0 Å². The molecule has 2 atom stereocenters. The third-order valence-corrected chi connectivity index (χ3v) is 3.57. The van der Waals surface area contributed by atoms with Crippen molar-refractivity contribution >= 4 is 16.5 Å². The summed E-state index contributed by atoms with van der Waals surface area (Å²) < 4.78 is 0. The SMILES string of the molecule is CC1CC(C)N(Cc2csc(N)n2)C1. The minimum atomic E-state index is 0.680. The maximum absolute atomic E-state index is 5.60. The van der Waals surface area contributed by atoms with E-state index in [1.807, 2.05) is 0 Å². The molecule has 78 valence electrons. The van der Waals surface area contributed by atoms with Gasteiger partial charge in [0.2, 0.25) is 0 Å². The number of hydrogen-bond donors (Lipinski definition) is 1. The Hall–Kier alpha value is -0.610. The molecule has 0 aromatic carbocycles. The monoisotopic (exact) mass is 211 g/mol. The highest BCUT2D eigenvalue weighted by molar-refractivity contribution is 7.13. The Labute approximate surface area is 88.9 Å². The van der Waals surface area contributed by atoms with Crippen molar-refractivity contribution in [2.45, 2.75) is 32.9 Å². The molecule has 14 heavy (non-hydrogen) atoms. The lowest BCUT2D eigenvalue weighted by atomic mass is 10.1. The Morgan fingerprint density at radius 1 is 1.64 bits per heavy atom. The molecule has 0 spiro atoms. The van der Waals surface area contributed by atoms with Crippen LogP contribution in [0.3, 0.4) is 0 Å². The summed E-state index contributed by atoms with van der Waals surface area (Å²) >= 11 is 1.53. The maximum atomic E-state index is 5.60. The van der Waals surface area contributed by atoms with Crippen LogP contribution in [0.25, 0.3) is 0 Å². The van der Waals surface area contributed by atoms with Gasteiger partial charge in [-0.15, -0.1) is 11.3 Å². The molecule has 0 saturated carbocycles. The first-order valence-electron chi connectivity index (χ1n) is 5.09. The number of likely N-dealkylation sites (tertiary alicyclic amines) is 1. The molecule has 2 unspecified atom stereocenters. The molecule has 1 aliphatic heterocycles. The second-order valence-electron chi connectivity index (χ2n) is 4.30. The van der Waals surface area contributed by atoms with E-state index < -0.39 is 0 Å². The van der Waals surface area contributed by atoms with E-state index in [2.05, 4.69) is 29.1 Å². The molecular weight excluding hydrogens is 194 g/mol. The van der Waals surface area contributed by atoms with Gasteiger partial charge in [-0.05, 0) is 19.3 Å². The zero-order valence-corrected chi connectivity index (χ0v) is 9.55. The summed E-state index contributed by atoms with van der Waals surface area (Å²) in [4.78, 5) is 6.77. The number of rotatable bonds is 2. The van der Waals surface area contributed by atoms with Gasteiger partial charge in [0.1, 0.15) is 0 Å². The Bertz CT molecular complexity index is 310. The predicted octanol–water partition coefficient (Wildman–Crippen LogP) is 1.96. The van der Waals surface area contributed by atoms with Gasteiger partial charge in [-0.1, -0.05) is 6.92 Å². The van der Waals surface area contributed by atoms with Gasteiger partial charge in [-0.2, -0.15) is 0 Å². The molecule has 0 bridgehead atoms. The lowest BCUT2D eigenvalue weighted by molar-refractivity contribution is 0.254. The Kier molecular flexibility index (Phi) is 2.74. The van der Waals surface area contributed by atoms with Crippen molar-refractivity contribution in [3.63, 3.8) is 0 Å². The molecule has 2 heterocycles. The summed E-state index contributed by atoms with van der Waals surface area (Å²) in [5.74, 6) is 0.820. The normalized spacial score (nSPS) is 28.4. The van der Waals surface area contributed by atoms with Gasteiger partial charge in [-0.25, -0.2) is 4.98 Å². The summed E-state index contributed by atoms with van der Waals surface area (Å²) in [6.45, 7) is 6.75. The van der Waals surface area contributed by atoms with Gasteiger partial charge in [0.25, 0.3) is 0 Å². The minimum absolute atomic E-state index is 0.680. The Morgan fingerprint density at radius 3 is 2.93 bits per heavy atom. The Morgan fingerprint density at radius 2 is 2.43 bits per heavy atom. The quantitative estimate of drug-likeness (QED) is 0.813. The van der Waals surface area contributed by atoms with Crippen molar-refractivity contribution in [1.82, 2.24) is 9.88 Å². The van der Waals surface area contributed by atoms with E-state index in [9.17, 15) is 0 Å². The summed E-state index contributed by atoms with van der Waals surface area (Å²) in [7, 11) is 0. The minimum Gasteiger partial charge on any atom is -0.375 e. The van der Waals surface area contributed by atoms with Gasteiger partial charge in [0.05, 0.1) is 5.69 Å². The third kappa shape index (κ3) is 2.07. The highest BCUT2D eigenvalue weighted by Gasteiger charge is 2.26. The summed E-state index contributed by atoms with van der Waals surface area (Å²) in [5.41, 5.74) is 6.72. The van der Waals surface area contributed by atoms with Crippen molar-refractivity contribution in [3.8, 4) is 0 Å². The largest absolute Gasteiger partial charge is 0.375 e. The fraction of sp³-hybridized carbons (Fsp3) is 0.700. The smallest absolute Gasteiger partial charge is 0.180 e. The van der Waals surface area contributed by atoms with Crippen LogP contribution >= 0.6 is 11.3 Å². The number of thiazole rings is 1. The van der Waals surface area contributed by atoms with Crippen molar-refractivity contribution in [3.05, 3.63) is 11.1 Å². The average molecular weight is 211 g/mol. The van der Waals surface area contributed by atoms with Crippen molar-refractivity contribution in [2.75, 3.05) is 12.3 Å². The highest BCUT2D eigenvalue weighted by atomic mass is 32.1. The van der Waals surface area contributed by atoms with Gasteiger partial charge in [0, 0.05) is 24.5 Å². The first kappa shape index (κ1) is 9.93. The molecule has 2 rings (SSSR count). The Balaban J connectivity index is 1.98. The van der Waals surface area contributed by atoms with Crippen LogP contribution in [0.4, 0.5) is 5.13 Å². The lowest BCUT2D eigenvalue weighted by Crippen LogP contribution is -2.26. The van der Waals surface area contributed by atoms with Gasteiger partial charge < -0.3 is 5.73 Å².